The molecule has 4 rings (SSSR count). The average molecular weight is 454 g/mol. The van der Waals surface area contributed by atoms with Gasteiger partial charge < -0.3 is 19.4 Å². The van der Waals surface area contributed by atoms with E-state index in [1.54, 1.807) is 0 Å². The lowest BCUT2D eigenvalue weighted by molar-refractivity contribution is -0.0521. The van der Waals surface area contributed by atoms with E-state index in [0.717, 1.165) is 30.3 Å². The minimum absolute atomic E-state index is 0.0215. The van der Waals surface area contributed by atoms with Crippen LogP contribution in [0.25, 0.3) is 10.8 Å². The number of ether oxygens (including phenoxy) is 2. The summed E-state index contributed by atoms with van der Waals surface area (Å²) in [5.41, 5.74) is -0.160. The van der Waals surface area contributed by atoms with Crippen molar-refractivity contribution in [2.24, 2.45) is 0 Å². The second kappa shape index (κ2) is 8.23. The first-order valence-corrected chi connectivity index (χ1v) is 9.30. The van der Waals surface area contributed by atoms with Crippen molar-refractivity contribution in [3.05, 3.63) is 75.0 Å². The number of pyridine rings is 1. The number of rotatable bonds is 4. The number of nitrogens with one attached hydrogen (secondary N) is 1. The molecule has 1 N–H and O–H groups in total. The van der Waals surface area contributed by atoms with Crippen molar-refractivity contribution in [2.45, 2.75) is 19.3 Å². The number of carbonyl (C=O) groups is 1. The van der Waals surface area contributed by atoms with Crippen LogP contribution in [-0.2, 0) is 11.3 Å². The third-order valence-electron chi connectivity index (χ3n) is 5.22. The Morgan fingerprint density at radius 3 is 2.47 bits per heavy atom. The number of aromatic nitrogens is 1. The van der Waals surface area contributed by atoms with Crippen LogP contribution in [0.3, 0.4) is 0 Å². The number of benzene rings is 2. The largest absolute Gasteiger partial charge is 0.432 e. The SMILES string of the molecule is CN(C(=O)c1ccc(OC(F)F)c(F)c1)[C@@H]1COCc2[nH]c(=O)c3cc(F)c(F)cc3c21. The second-order valence-electron chi connectivity index (χ2n) is 7.13. The molecular weight excluding hydrogens is 439 g/mol. The molecule has 0 unspecified atom stereocenters. The van der Waals surface area contributed by atoms with Gasteiger partial charge in [-0.1, -0.05) is 0 Å². The molecule has 1 aliphatic rings. The first-order valence-electron chi connectivity index (χ1n) is 9.30. The maximum absolute atomic E-state index is 14.1. The van der Waals surface area contributed by atoms with Gasteiger partial charge in [0.2, 0.25) is 0 Å². The van der Waals surface area contributed by atoms with Gasteiger partial charge in [0.05, 0.1) is 24.6 Å². The van der Waals surface area contributed by atoms with Crippen molar-refractivity contribution in [2.75, 3.05) is 13.7 Å². The number of likely N-dealkylation sites (N-methyl/N-ethyl adjacent to an activating group) is 1. The molecular formula is C21H15F5N2O4. The molecule has 1 amide bonds. The van der Waals surface area contributed by atoms with Gasteiger partial charge in [0.15, 0.2) is 23.2 Å². The first kappa shape index (κ1) is 21.8. The third kappa shape index (κ3) is 3.79. The minimum Gasteiger partial charge on any atom is -0.432 e. The highest BCUT2D eigenvalue weighted by Gasteiger charge is 2.31. The molecule has 11 heteroatoms. The molecule has 168 valence electrons. The van der Waals surface area contributed by atoms with Crippen LogP contribution in [0.1, 0.15) is 27.7 Å². The number of amides is 1. The molecule has 0 aliphatic carbocycles. The average Bonchev–Trinajstić information content (AvgIpc) is 2.75. The van der Waals surface area contributed by atoms with E-state index in [1.165, 1.54) is 11.9 Å². The summed E-state index contributed by atoms with van der Waals surface area (Å²) in [6.45, 7) is -3.29. The molecule has 6 nitrogen and oxygen atoms in total. The monoisotopic (exact) mass is 454 g/mol. The molecule has 0 saturated carbocycles. The number of hydrogen-bond acceptors (Lipinski definition) is 4. The highest BCUT2D eigenvalue weighted by Crippen LogP contribution is 2.34. The molecule has 0 spiro atoms. The van der Waals surface area contributed by atoms with Gasteiger partial charge in [0.1, 0.15) is 0 Å². The predicted octanol–water partition coefficient (Wildman–Crippen LogP) is 3.89. The molecule has 0 radical (unpaired) electrons. The van der Waals surface area contributed by atoms with Crippen LogP contribution >= 0.6 is 0 Å². The van der Waals surface area contributed by atoms with Crippen LogP contribution in [-0.4, -0.2) is 36.1 Å². The zero-order valence-corrected chi connectivity index (χ0v) is 16.4. The van der Waals surface area contributed by atoms with Gasteiger partial charge in [-0.05, 0) is 35.7 Å². The maximum atomic E-state index is 14.1. The zero-order valence-electron chi connectivity index (χ0n) is 16.4. The lowest BCUT2D eigenvalue weighted by Crippen LogP contribution is -2.37. The molecule has 0 fully saturated rings. The minimum atomic E-state index is -3.23. The normalized spacial score (nSPS) is 15.7. The van der Waals surface area contributed by atoms with Crippen LogP contribution < -0.4 is 10.3 Å². The number of fused-ring (bicyclic) bond motifs is 3. The Morgan fingerprint density at radius 1 is 1.12 bits per heavy atom. The van der Waals surface area contributed by atoms with Crippen molar-refractivity contribution in [1.29, 1.82) is 0 Å². The summed E-state index contributed by atoms with van der Waals surface area (Å²) in [4.78, 5) is 29.0. The van der Waals surface area contributed by atoms with E-state index in [-0.39, 0.29) is 35.2 Å². The number of H-pyrrole nitrogens is 1. The van der Waals surface area contributed by atoms with Gasteiger partial charge in [-0.3, -0.25) is 9.59 Å². The topological polar surface area (TPSA) is 71.6 Å². The number of hydrogen-bond donors (Lipinski definition) is 1. The standard InChI is InChI=1S/C21H15F5N2O4/c1-28(20(30)9-2-3-17(14(24)4-9)32-21(25)26)16-8-31-7-15-18(16)10-5-12(22)13(23)6-11(10)19(29)27-15/h2-6,16,21H,7-8H2,1H3,(H,27,29)/t16-/m1/s1. The molecule has 0 saturated heterocycles. The Morgan fingerprint density at radius 2 is 1.81 bits per heavy atom. The summed E-state index contributed by atoms with van der Waals surface area (Å²) in [6.07, 6.45) is 0. The summed E-state index contributed by atoms with van der Waals surface area (Å²) in [6, 6.07) is 3.58. The van der Waals surface area contributed by atoms with Crippen LogP contribution in [0.2, 0.25) is 0 Å². The summed E-state index contributed by atoms with van der Waals surface area (Å²) >= 11 is 0. The highest BCUT2D eigenvalue weighted by molar-refractivity contribution is 5.95. The number of carbonyl (C=O) groups excluding carboxylic acids is 1. The van der Waals surface area contributed by atoms with Crippen LogP contribution in [0.4, 0.5) is 22.0 Å². The molecule has 1 aromatic heterocycles. The highest BCUT2D eigenvalue weighted by atomic mass is 19.3. The first-order chi connectivity index (χ1) is 15.2. The van der Waals surface area contributed by atoms with E-state index in [0.29, 0.717) is 5.56 Å². The number of alkyl halides is 2. The fourth-order valence-corrected chi connectivity index (χ4v) is 3.72. The van der Waals surface area contributed by atoms with Gasteiger partial charge in [-0.15, -0.1) is 0 Å². The summed E-state index contributed by atoms with van der Waals surface area (Å²) in [7, 11) is 1.38. The van der Waals surface area contributed by atoms with E-state index in [1.807, 2.05) is 0 Å². The van der Waals surface area contributed by atoms with Crippen molar-refractivity contribution in [3.8, 4) is 5.75 Å². The number of nitrogens with zero attached hydrogens (tertiary/aromatic N) is 1. The van der Waals surface area contributed by atoms with Crippen molar-refractivity contribution in [3.63, 3.8) is 0 Å². The van der Waals surface area contributed by atoms with Gasteiger partial charge in [0, 0.05) is 23.9 Å². The Kier molecular flexibility index (Phi) is 5.59. The number of aromatic amines is 1. The third-order valence-corrected chi connectivity index (χ3v) is 5.22. The van der Waals surface area contributed by atoms with Gasteiger partial charge in [-0.25, -0.2) is 13.2 Å². The lowest BCUT2D eigenvalue weighted by atomic mass is 9.95. The molecule has 0 bridgehead atoms. The summed E-state index contributed by atoms with van der Waals surface area (Å²) in [5, 5.41) is 0.0115. The maximum Gasteiger partial charge on any atom is 0.387 e. The Balaban J connectivity index is 1.75. The molecule has 32 heavy (non-hydrogen) atoms. The van der Waals surface area contributed by atoms with Crippen molar-refractivity contribution in [1.82, 2.24) is 9.88 Å². The lowest BCUT2D eigenvalue weighted by Gasteiger charge is -2.34. The molecule has 1 atom stereocenters. The molecule has 2 heterocycles. The van der Waals surface area contributed by atoms with E-state index < -0.39 is 47.3 Å². The van der Waals surface area contributed by atoms with E-state index >= 15 is 0 Å². The van der Waals surface area contributed by atoms with Crippen LogP contribution in [0.5, 0.6) is 5.75 Å². The van der Waals surface area contributed by atoms with Crippen LogP contribution in [0, 0.1) is 17.5 Å². The van der Waals surface area contributed by atoms with Crippen molar-refractivity contribution < 1.29 is 36.2 Å². The fraction of sp³-hybridized carbons (Fsp3) is 0.238. The second-order valence-corrected chi connectivity index (χ2v) is 7.13. The summed E-state index contributed by atoms with van der Waals surface area (Å²) < 4.78 is 75.9. The fourth-order valence-electron chi connectivity index (χ4n) is 3.72. The van der Waals surface area contributed by atoms with Crippen molar-refractivity contribution >= 4 is 16.7 Å². The van der Waals surface area contributed by atoms with E-state index in [2.05, 4.69) is 9.72 Å². The number of halogens is 5. The predicted molar refractivity (Wildman–Crippen MR) is 102 cm³/mol. The van der Waals surface area contributed by atoms with Gasteiger partial charge in [-0.2, -0.15) is 8.78 Å². The van der Waals surface area contributed by atoms with Gasteiger partial charge >= 0.3 is 6.61 Å². The molecule has 3 aromatic rings. The Labute approximate surface area is 177 Å². The molecule has 1 aliphatic heterocycles. The zero-order chi connectivity index (χ0) is 23.2. The Bertz CT molecular complexity index is 1280. The van der Waals surface area contributed by atoms with Crippen LogP contribution in [0.15, 0.2) is 35.1 Å². The Hall–Kier alpha value is -3.47. The van der Waals surface area contributed by atoms with E-state index in [4.69, 9.17) is 4.74 Å². The molecule has 2 aromatic carbocycles. The van der Waals surface area contributed by atoms with E-state index in [9.17, 15) is 31.5 Å². The smallest absolute Gasteiger partial charge is 0.387 e. The summed E-state index contributed by atoms with van der Waals surface area (Å²) in [5.74, 6) is -4.93. The van der Waals surface area contributed by atoms with Gasteiger partial charge in [0.25, 0.3) is 11.5 Å². The quantitative estimate of drug-likeness (QED) is 0.608.